The molecule has 0 aliphatic carbocycles. The van der Waals surface area contributed by atoms with Gasteiger partial charge in [-0.2, -0.15) is 13.2 Å². The molecule has 0 saturated carbocycles. The van der Waals surface area contributed by atoms with Gasteiger partial charge in [-0.25, -0.2) is 0 Å². The Morgan fingerprint density at radius 1 is 1.26 bits per heavy atom. The largest absolute Gasteiger partial charge is 0.416 e. The number of carbonyl (C=O) groups excluding carboxylic acids is 1. The summed E-state index contributed by atoms with van der Waals surface area (Å²) in [6, 6.07) is 8.08. The summed E-state index contributed by atoms with van der Waals surface area (Å²) in [7, 11) is 0. The van der Waals surface area contributed by atoms with Crippen LogP contribution in [0.5, 0.6) is 0 Å². The number of benzene rings is 1. The van der Waals surface area contributed by atoms with Crippen LogP contribution in [0.1, 0.15) is 27.2 Å². The Balaban J connectivity index is 1.96. The average molecular weight is 318 g/mol. The number of nitrogens with one attached hydrogen (secondary N) is 1. The molecule has 1 aromatic carbocycles. The Kier molecular flexibility index (Phi) is 5.02. The van der Waals surface area contributed by atoms with Crippen molar-refractivity contribution in [3.63, 3.8) is 0 Å². The molecule has 23 heavy (non-hydrogen) atoms. The number of pyridine rings is 1. The van der Waals surface area contributed by atoms with Gasteiger partial charge in [0.15, 0.2) is 0 Å². The molecule has 1 N–H and O–H groups in total. The summed E-state index contributed by atoms with van der Waals surface area (Å²) < 4.78 is 37.7. The first-order chi connectivity index (χ1) is 10.9. The Morgan fingerprint density at radius 3 is 2.70 bits per heavy atom. The van der Waals surface area contributed by atoms with Gasteiger partial charge in [0.2, 0.25) is 0 Å². The topological polar surface area (TPSA) is 42.0 Å². The molecule has 0 saturated heterocycles. The van der Waals surface area contributed by atoms with Gasteiger partial charge in [-0.3, -0.25) is 9.78 Å². The highest BCUT2D eigenvalue weighted by Gasteiger charge is 2.30. The number of rotatable bonds is 2. The Morgan fingerprint density at radius 2 is 2.04 bits per heavy atom. The van der Waals surface area contributed by atoms with Gasteiger partial charge in [-0.15, -0.1) is 0 Å². The molecule has 1 aromatic heterocycles. The van der Waals surface area contributed by atoms with Crippen LogP contribution >= 0.6 is 0 Å². The van der Waals surface area contributed by atoms with Crippen molar-refractivity contribution < 1.29 is 18.0 Å². The first kappa shape index (κ1) is 16.6. The first-order valence-corrected chi connectivity index (χ1v) is 6.73. The summed E-state index contributed by atoms with van der Waals surface area (Å²) in [6.45, 7) is 1.84. The fraction of sp³-hybridized carbons (Fsp3) is 0.176. The second-order valence-corrected chi connectivity index (χ2v) is 4.75. The van der Waals surface area contributed by atoms with E-state index in [1.54, 1.807) is 12.1 Å². The lowest BCUT2D eigenvalue weighted by Crippen LogP contribution is -2.23. The third-order valence-electron chi connectivity index (χ3n) is 2.93. The smallest absolute Gasteiger partial charge is 0.341 e. The van der Waals surface area contributed by atoms with Gasteiger partial charge in [0.05, 0.1) is 17.7 Å². The zero-order chi connectivity index (χ0) is 16.9. The predicted molar refractivity (Wildman–Crippen MR) is 79.6 cm³/mol. The van der Waals surface area contributed by atoms with Crippen molar-refractivity contribution in [2.75, 3.05) is 6.54 Å². The molecular formula is C17H13F3N2O. The third-order valence-corrected chi connectivity index (χ3v) is 2.93. The molecule has 1 heterocycles. The van der Waals surface area contributed by atoms with Crippen LogP contribution in [0.25, 0.3) is 0 Å². The van der Waals surface area contributed by atoms with E-state index >= 15 is 0 Å². The van der Waals surface area contributed by atoms with Crippen LogP contribution in [0.4, 0.5) is 13.2 Å². The van der Waals surface area contributed by atoms with E-state index in [1.165, 1.54) is 18.3 Å². The second kappa shape index (κ2) is 6.97. The number of amides is 1. The summed E-state index contributed by atoms with van der Waals surface area (Å²) in [4.78, 5) is 15.8. The number of carbonyl (C=O) groups is 1. The zero-order valence-corrected chi connectivity index (χ0v) is 12.2. The minimum atomic E-state index is -4.40. The maximum atomic E-state index is 12.6. The minimum absolute atomic E-state index is 0.0307. The van der Waals surface area contributed by atoms with E-state index in [9.17, 15) is 18.0 Å². The average Bonchev–Trinajstić information content (AvgIpc) is 2.51. The van der Waals surface area contributed by atoms with Crippen molar-refractivity contribution >= 4 is 5.91 Å². The van der Waals surface area contributed by atoms with E-state index in [0.29, 0.717) is 5.56 Å². The van der Waals surface area contributed by atoms with Crippen LogP contribution in [0.3, 0.4) is 0 Å². The summed E-state index contributed by atoms with van der Waals surface area (Å²) in [5.74, 6) is 4.88. The van der Waals surface area contributed by atoms with Crippen molar-refractivity contribution in [1.82, 2.24) is 10.3 Å². The molecule has 3 nitrogen and oxygen atoms in total. The lowest BCUT2D eigenvalue weighted by molar-refractivity contribution is -0.137. The van der Waals surface area contributed by atoms with Gasteiger partial charge in [0.1, 0.15) is 0 Å². The quantitative estimate of drug-likeness (QED) is 0.864. The Hall–Kier alpha value is -2.81. The maximum absolute atomic E-state index is 12.6. The van der Waals surface area contributed by atoms with Crippen LogP contribution in [-0.4, -0.2) is 17.4 Å². The monoisotopic (exact) mass is 318 g/mol. The Labute approximate surface area is 131 Å². The normalized spacial score (nSPS) is 10.6. The number of aromatic nitrogens is 1. The summed E-state index contributed by atoms with van der Waals surface area (Å²) >= 11 is 0. The molecular weight excluding hydrogens is 305 g/mol. The van der Waals surface area contributed by atoms with Gasteiger partial charge < -0.3 is 5.32 Å². The highest BCUT2D eigenvalue weighted by atomic mass is 19.4. The van der Waals surface area contributed by atoms with E-state index in [-0.39, 0.29) is 18.0 Å². The molecule has 0 aliphatic heterocycles. The first-order valence-electron chi connectivity index (χ1n) is 6.73. The van der Waals surface area contributed by atoms with Crippen molar-refractivity contribution in [3.05, 3.63) is 65.0 Å². The molecule has 0 spiro atoms. The van der Waals surface area contributed by atoms with Gasteiger partial charge >= 0.3 is 6.18 Å². The minimum Gasteiger partial charge on any atom is -0.341 e. The molecule has 2 aromatic rings. The summed E-state index contributed by atoms with van der Waals surface area (Å²) in [6.07, 6.45) is -2.95. The number of aryl methyl sites for hydroxylation is 1. The molecule has 0 aliphatic rings. The van der Waals surface area contributed by atoms with E-state index in [1.807, 2.05) is 6.92 Å². The second-order valence-electron chi connectivity index (χ2n) is 4.75. The lowest BCUT2D eigenvalue weighted by Gasteiger charge is -2.05. The fourth-order valence-corrected chi connectivity index (χ4v) is 1.75. The molecule has 1 amide bonds. The predicted octanol–water partition coefficient (Wildman–Crippen LogP) is 3.19. The van der Waals surface area contributed by atoms with Crippen molar-refractivity contribution in [1.29, 1.82) is 0 Å². The Bertz CT molecular complexity index is 756. The van der Waals surface area contributed by atoms with Crippen LogP contribution in [0, 0.1) is 18.8 Å². The number of halogens is 3. The van der Waals surface area contributed by atoms with E-state index in [0.717, 1.165) is 17.8 Å². The van der Waals surface area contributed by atoms with Gasteiger partial charge in [-0.1, -0.05) is 17.9 Å². The van der Waals surface area contributed by atoms with Crippen LogP contribution in [-0.2, 0) is 6.18 Å². The van der Waals surface area contributed by atoms with Crippen molar-refractivity contribution in [3.8, 4) is 11.8 Å². The molecule has 118 valence electrons. The van der Waals surface area contributed by atoms with Crippen LogP contribution in [0.2, 0.25) is 0 Å². The molecule has 0 unspecified atom stereocenters. The molecule has 0 radical (unpaired) electrons. The van der Waals surface area contributed by atoms with Crippen LogP contribution < -0.4 is 5.32 Å². The van der Waals surface area contributed by atoms with Gasteiger partial charge in [0.25, 0.3) is 5.91 Å². The highest BCUT2D eigenvalue weighted by Crippen LogP contribution is 2.29. The number of alkyl halides is 3. The van der Waals surface area contributed by atoms with Crippen molar-refractivity contribution in [2.45, 2.75) is 13.1 Å². The number of nitrogens with zero attached hydrogens (tertiary/aromatic N) is 1. The van der Waals surface area contributed by atoms with E-state index in [4.69, 9.17) is 0 Å². The third kappa shape index (κ3) is 4.85. The molecule has 2 rings (SSSR count). The summed E-state index contributed by atoms with van der Waals surface area (Å²) in [5, 5.41) is 2.56. The maximum Gasteiger partial charge on any atom is 0.416 e. The number of hydrogen-bond donors (Lipinski definition) is 1. The van der Waals surface area contributed by atoms with E-state index in [2.05, 4.69) is 22.1 Å². The lowest BCUT2D eigenvalue weighted by atomic mass is 10.1. The van der Waals surface area contributed by atoms with Gasteiger partial charge in [0, 0.05) is 17.5 Å². The molecule has 0 atom stereocenters. The number of hydrogen-bond acceptors (Lipinski definition) is 2. The SMILES string of the molecule is Cc1ccc(C(=O)NCC#Cc2cccc(C(F)(F)F)c2)cn1. The van der Waals surface area contributed by atoms with Gasteiger partial charge in [-0.05, 0) is 37.3 Å². The standard InChI is InChI=1S/C17H13F3N2O/c1-12-7-8-14(11-22-12)16(23)21-9-3-5-13-4-2-6-15(10-13)17(18,19)20/h2,4,6-8,10-11H,9H2,1H3,(H,21,23). The molecule has 0 fully saturated rings. The van der Waals surface area contributed by atoms with Crippen molar-refractivity contribution in [2.24, 2.45) is 0 Å². The molecule has 6 heteroatoms. The fourth-order valence-electron chi connectivity index (χ4n) is 1.75. The zero-order valence-electron chi connectivity index (χ0n) is 12.2. The van der Waals surface area contributed by atoms with Crippen LogP contribution in [0.15, 0.2) is 42.6 Å². The molecule has 0 bridgehead atoms. The van der Waals surface area contributed by atoms with E-state index < -0.39 is 11.7 Å². The highest BCUT2D eigenvalue weighted by molar-refractivity contribution is 5.93. The summed E-state index contributed by atoms with van der Waals surface area (Å²) in [5.41, 5.74) is 0.687.